The summed E-state index contributed by atoms with van der Waals surface area (Å²) in [5.74, 6) is 0.623. The van der Waals surface area contributed by atoms with Gasteiger partial charge in [0.25, 0.3) is 0 Å². The van der Waals surface area contributed by atoms with Crippen LogP contribution in [0, 0.1) is 3.57 Å². The molecule has 0 saturated carbocycles. The minimum atomic E-state index is 0.623. The highest BCUT2D eigenvalue weighted by Crippen LogP contribution is 2.43. The van der Waals surface area contributed by atoms with E-state index in [2.05, 4.69) is 233 Å². The number of nitrogens with zero attached hydrogens (tertiary/aromatic N) is 4. The van der Waals surface area contributed by atoms with Gasteiger partial charge in [-0.3, -0.25) is 19.9 Å². The fourth-order valence-corrected chi connectivity index (χ4v) is 14.0. The molecule has 0 saturated heterocycles. The molecule has 12 aromatic carbocycles. The highest BCUT2D eigenvalue weighted by Gasteiger charge is 2.16. The molecule has 1 N–H and O–H groups in total. The number of rotatable bonds is 5. The van der Waals surface area contributed by atoms with Gasteiger partial charge in [-0.15, -0.1) is 22.7 Å². The Kier molecular flexibility index (Phi) is 12.5. The van der Waals surface area contributed by atoms with Crippen molar-refractivity contribution in [2.75, 3.05) is 0 Å². The zero-order chi connectivity index (χ0) is 52.1. The van der Waals surface area contributed by atoms with Crippen LogP contribution in [0.2, 0.25) is 0 Å². The molecule has 0 amide bonds. The lowest BCUT2D eigenvalue weighted by Crippen LogP contribution is -1.99. The third-order valence-corrected chi connectivity index (χ3v) is 17.6. The number of aromatic nitrogens is 4. The Balaban J connectivity index is 0.000000115. The number of fused-ring (bicyclic) bond motifs is 18. The van der Waals surface area contributed by atoms with E-state index in [4.69, 9.17) is 19.6 Å². The van der Waals surface area contributed by atoms with Crippen molar-refractivity contribution in [3.8, 4) is 39.1 Å². The molecule has 0 spiro atoms. The van der Waals surface area contributed by atoms with E-state index in [0.29, 0.717) is 13.4 Å². The first kappa shape index (κ1) is 47.8. The fourth-order valence-electron chi connectivity index (χ4n) is 11.0. The summed E-state index contributed by atoms with van der Waals surface area (Å²) in [6.07, 6.45) is 7.09. The summed E-state index contributed by atoms with van der Waals surface area (Å²) in [6, 6.07) is 76.9. The number of thiophene rings is 2. The number of hydrogen-bond donors (Lipinski definition) is 1. The molecule has 0 aliphatic heterocycles. The molecule has 6 nitrogen and oxygen atoms in total. The number of benzene rings is 12. The van der Waals surface area contributed by atoms with Gasteiger partial charge < -0.3 is 9.68 Å². The molecule has 16 aromatic rings. The van der Waals surface area contributed by atoms with Gasteiger partial charge in [-0.05, 0) is 126 Å². The summed E-state index contributed by atoms with van der Waals surface area (Å²) in [7, 11) is 0.707. The molecule has 0 aliphatic carbocycles. The van der Waals surface area contributed by atoms with Gasteiger partial charge in [-0.25, -0.2) is 0 Å². The average Bonchev–Trinajstić information content (AvgIpc) is 4.17. The van der Waals surface area contributed by atoms with E-state index < -0.39 is 0 Å². The van der Waals surface area contributed by atoms with Crippen molar-refractivity contribution in [2.45, 2.75) is 0 Å². The molecule has 0 aliphatic rings. The second-order valence-corrected chi connectivity index (χ2v) is 22.3. The first-order chi connectivity index (χ1) is 38.6. The molecule has 0 fully saturated rings. The van der Waals surface area contributed by atoms with Crippen LogP contribution in [0.3, 0.4) is 0 Å². The van der Waals surface area contributed by atoms with E-state index in [1.807, 2.05) is 29.5 Å². The molecule has 4 heterocycles. The highest BCUT2D eigenvalue weighted by atomic mass is 127. The topological polar surface area (TPSA) is 81.0 Å². The maximum absolute atomic E-state index is 8.80. The van der Waals surface area contributed by atoms with Gasteiger partial charge in [0.2, 0.25) is 0 Å². The fraction of sp³-hybridized carbons (Fsp3) is 0. The molecule has 367 valence electrons. The highest BCUT2D eigenvalue weighted by molar-refractivity contribution is 14.1. The van der Waals surface area contributed by atoms with Gasteiger partial charge in [0.1, 0.15) is 5.75 Å². The SMILES string of the molecule is Ic1ccc2c3ccccc3c3nccnc3c2c1.O[B]Oc1cccc(-c2cccc3c2sc2ccccc23)c1.c1cc(-c2ccc3c4ccccc4c4nccnc4c3c2)cc(-c2cccc3c2sc2ccccc23)c1. The van der Waals surface area contributed by atoms with Crippen LogP contribution in [-0.4, -0.2) is 32.6 Å². The molecule has 4 aromatic heterocycles. The van der Waals surface area contributed by atoms with E-state index in [1.54, 1.807) is 36.1 Å². The van der Waals surface area contributed by atoms with Crippen molar-refractivity contribution in [3.05, 3.63) is 247 Å². The molecular weight excluding hydrogens is 1110 g/mol. The van der Waals surface area contributed by atoms with Crippen molar-refractivity contribution in [1.29, 1.82) is 0 Å². The van der Waals surface area contributed by atoms with Crippen molar-refractivity contribution in [3.63, 3.8) is 0 Å². The lowest BCUT2D eigenvalue weighted by Gasteiger charge is -2.11. The lowest BCUT2D eigenvalue weighted by molar-refractivity contribution is 0.454. The Labute approximate surface area is 470 Å². The molecule has 78 heavy (non-hydrogen) atoms. The molecule has 0 bridgehead atoms. The maximum Gasteiger partial charge on any atom is 0.569 e. The molecule has 10 heteroatoms. The monoisotopic (exact) mass is 1150 g/mol. The molecule has 0 unspecified atom stereocenters. The molecule has 0 atom stereocenters. The van der Waals surface area contributed by atoms with Crippen LogP contribution in [0.5, 0.6) is 5.75 Å². The minimum absolute atomic E-state index is 0.623. The second-order valence-electron chi connectivity index (χ2n) is 18.9. The Bertz CT molecular complexity index is 4930. The predicted molar refractivity (Wildman–Crippen MR) is 339 cm³/mol. The normalized spacial score (nSPS) is 11.5. The standard InChI is InChI=1S/C34H20N2S.C18H12BO2S.C16H9IN2/c1-2-11-28-25(9-1)26-16-15-22(20-30(26)33-32(28)35-17-18-36-33)21-7-5-8-23(19-21)24-12-6-13-29-27-10-3-4-14-31(27)37-34(24)29;20-19-21-13-6-3-5-12(11-13)14-8-4-9-16-15-7-1-2-10-17(15)22-18(14)16;17-10-5-6-12-11-3-1-2-4-13(11)15-16(14(12)9-10)19-8-7-18-15/h1-20H;1-11,20H;1-9H. The van der Waals surface area contributed by atoms with Crippen molar-refractivity contribution in [1.82, 2.24) is 19.9 Å². The smallest absolute Gasteiger partial charge is 0.537 e. The van der Waals surface area contributed by atoms with Crippen molar-refractivity contribution in [2.24, 2.45) is 0 Å². The van der Waals surface area contributed by atoms with Gasteiger partial charge in [-0.1, -0.05) is 170 Å². The van der Waals surface area contributed by atoms with Gasteiger partial charge in [0.15, 0.2) is 0 Å². The molecule has 1 radical (unpaired) electrons. The van der Waals surface area contributed by atoms with Gasteiger partial charge in [0, 0.05) is 90.2 Å². The third-order valence-electron chi connectivity index (χ3n) is 14.5. The molecule has 16 rings (SSSR count). The average molecular weight is 1150 g/mol. The Morgan fingerprint density at radius 3 is 1.31 bits per heavy atom. The third kappa shape index (κ3) is 8.54. The zero-order valence-electron chi connectivity index (χ0n) is 41.5. The van der Waals surface area contributed by atoms with Gasteiger partial charge in [-0.2, -0.15) is 0 Å². The van der Waals surface area contributed by atoms with E-state index in [1.165, 1.54) is 104 Å². The van der Waals surface area contributed by atoms with Crippen LogP contribution < -0.4 is 4.65 Å². The Morgan fingerprint density at radius 2 is 0.744 bits per heavy atom. The van der Waals surface area contributed by atoms with Gasteiger partial charge >= 0.3 is 7.69 Å². The van der Waals surface area contributed by atoms with Gasteiger partial charge in [0.05, 0.1) is 22.1 Å². The second kappa shape index (κ2) is 20.4. The Hall–Kier alpha value is -8.65. The zero-order valence-corrected chi connectivity index (χ0v) is 45.3. The minimum Gasteiger partial charge on any atom is -0.537 e. The summed E-state index contributed by atoms with van der Waals surface area (Å²) in [5.41, 5.74) is 11.0. The van der Waals surface area contributed by atoms with E-state index >= 15 is 0 Å². The first-order valence-electron chi connectivity index (χ1n) is 25.5. The van der Waals surface area contributed by atoms with Crippen LogP contribution in [-0.2, 0) is 0 Å². The van der Waals surface area contributed by atoms with Crippen LogP contribution >= 0.6 is 45.3 Å². The van der Waals surface area contributed by atoms with E-state index in [-0.39, 0.29) is 0 Å². The van der Waals surface area contributed by atoms with Crippen LogP contribution in [0.15, 0.2) is 243 Å². The summed E-state index contributed by atoms with van der Waals surface area (Å²) in [4.78, 5) is 18.5. The largest absolute Gasteiger partial charge is 0.569 e. The summed E-state index contributed by atoms with van der Waals surface area (Å²) in [5, 5.41) is 23.5. The number of halogens is 1. The predicted octanol–water partition coefficient (Wildman–Crippen LogP) is 18.8. The lowest BCUT2D eigenvalue weighted by atomic mass is 9.94. The number of hydrogen-bond acceptors (Lipinski definition) is 8. The quantitative estimate of drug-likeness (QED) is 0.105. The summed E-state index contributed by atoms with van der Waals surface area (Å²) in [6.45, 7) is 0. The van der Waals surface area contributed by atoms with Crippen molar-refractivity contribution < 1.29 is 9.68 Å². The van der Waals surface area contributed by atoms with E-state index in [9.17, 15) is 0 Å². The van der Waals surface area contributed by atoms with Crippen LogP contribution in [0.1, 0.15) is 0 Å². The van der Waals surface area contributed by atoms with E-state index in [0.717, 1.165) is 38.4 Å². The first-order valence-corrected chi connectivity index (χ1v) is 28.2. The van der Waals surface area contributed by atoms with Crippen molar-refractivity contribution >= 4 is 158 Å². The Morgan fingerprint density at radius 1 is 0.333 bits per heavy atom. The van der Waals surface area contributed by atoms with Crippen LogP contribution in [0.4, 0.5) is 0 Å². The maximum atomic E-state index is 8.80. The summed E-state index contributed by atoms with van der Waals surface area (Å²) < 4.78 is 11.5. The van der Waals surface area contributed by atoms with Crippen LogP contribution in [0.25, 0.3) is 139 Å². The summed E-state index contributed by atoms with van der Waals surface area (Å²) >= 11 is 6.01. The molecular formula is C68H41BIN4O2S2.